The van der Waals surface area contributed by atoms with Crippen molar-refractivity contribution in [2.75, 3.05) is 36.4 Å². The first-order valence-electron chi connectivity index (χ1n) is 6.93. The minimum atomic E-state index is -0.0944. The van der Waals surface area contributed by atoms with Crippen molar-refractivity contribution in [3.8, 4) is 0 Å². The molecular weight excluding hydrogens is 268 g/mol. The molecule has 1 aliphatic rings. The molecule has 7 heteroatoms. The molecule has 7 nitrogen and oxygen atoms in total. The zero-order valence-electron chi connectivity index (χ0n) is 11.9. The number of pyridine rings is 1. The predicted octanol–water partition coefficient (Wildman–Crippen LogP) is 1.17. The number of carbonyl (C=O) groups is 1. The zero-order valence-corrected chi connectivity index (χ0v) is 11.9. The van der Waals surface area contributed by atoms with Gasteiger partial charge in [-0.25, -0.2) is 4.79 Å². The lowest BCUT2D eigenvalue weighted by Crippen LogP contribution is -2.50. The standard InChI is InChI=1S/C14H18N6O/c1-18-7-4-13(17-18)16-14(21)20-10-8-19(9-11-20)12-2-5-15-6-3-12/h2-7H,8-11H2,1H3,(H,16,17,21). The fraction of sp³-hybridized carbons (Fsp3) is 0.357. The molecular formula is C14H18N6O. The van der Waals surface area contributed by atoms with Gasteiger partial charge in [0.1, 0.15) is 0 Å². The van der Waals surface area contributed by atoms with E-state index in [0.717, 1.165) is 18.8 Å². The third kappa shape index (κ3) is 3.13. The van der Waals surface area contributed by atoms with Crippen LogP contribution in [0.1, 0.15) is 0 Å². The average Bonchev–Trinajstić information content (AvgIpc) is 2.93. The number of nitrogens with zero attached hydrogens (tertiary/aromatic N) is 5. The van der Waals surface area contributed by atoms with E-state index in [4.69, 9.17) is 0 Å². The molecule has 3 heterocycles. The maximum atomic E-state index is 12.2. The highest BCUT2D eigenvalue weighted by Gasteiger charge is 2.21. The third-order valence-electron chi connectivity index (χ3n) is 3.54. The lowest BCUT2D eigenvalue weighted by Gasteiger charge is -2.35. The highest BCUT2D eigenvalue weighted by atomic mass is 16.2. The van der Waals surface area contributed by atoms with Crippen LogP contribution in [0.3, 0.4) is 0 Å². The number of urea groups is 1. The number of aryl methyl sites for hydroxylation is 1. The van der Waals surface area contributed by atoms with Gasteiger partial charge in [0, 0.05) is 63.6 Å². The van der Waals surface area contributed by atoms with Crippen LogP contribution in [0.25, 0.3) is 0 Å². The van der Waals surface area contributed by atoms with Crippen molar-refractivity contribution in [3.05, 3.63) is 36.8 Å². The minimum absolute atomic E-state index is 0.0944. The van der Waals surface area contributed by atoms with Gasteiger partial charge in [-0.2, -0.15) is 5.10 Å². The van der Waals surface area contributed by atoms with Crippen molar-refractivity contribution in [1.29, 1.82) is 0 Å². The first-order valence-corrected chi connectivity index (χ1v) is 6.93. The fourth-order valence-corrected chi connectivity index (χ4v) is 2.39. The Balaban J connectivity index is 1.54. The predicted molar refractivity (Wildman–Crippen MR) is 80.2 cm³/mol. The van der Waals surface area contributed by atoms with Gasteiger partial charge in [0.25, 0.3) is 0 Å². The summed E-state index contributed by atoms with van der Waals surface area (Å²) >= 11 is 0. The quantitative estimate of drug-likeness (QED) is 0.900. The summed E-state index contributed by atoms with van der Waals surface area (Å²) in [5.74, 6) is 0.582. The molecule has 0 unspecified atom stereocenters. The SMILES string of the molecule is Cn1ccc(NC(=O)N2CCN(c3ccncc3)CC2)n1. The van der Waals surface area contributed by atoms with Crippen LogP contribution >= 0.6 is 0 Å². The number of hydrogen-bond donors (Lipinski definition) is 1. The van der Waals surface area contributed by atoms with Gasteiger partial charge in [0.2, 0.25) is 0 Å². The molecule has 2 amide bonds. The maximum absolute atomic E-state index is 12.2. The number of aromatic nitrogens is 3. The third-order valence-corrected chi connectivity index (χ3v) is 3.54. The smallest absolute Gasteiger partial charge is 0.323 e. The summed E-state index contributed by atoms with van der Waals surface area (Å²) < 4.78 is 1.66. The zero-order chi connectivity index (χ0) is 14.7. The Morgan fingerprint density at radius 2 is 1.86 bits per heavy atom. The summed E-state index contributed by atoms with van der Waals surface area (Å²) in [6.45, 7) is 3.03. The van der Waals surface area contributed by atoms with Crippen molar-refractivity contribution in [2.24, 2.45) is 7.05 Å². The molecule has 0 atom stereocenters. The van der Waals surface area contributed by atoms with E-state index < -0.39 is 0 Å². The summed E-state index contributed by atoms with van der Waals surface area (Å²) in [6, 6.07) is 5.67. The van der Waals surface area contributed by atoms with Crippen LogP contribution in [-0.4, -0.2) is 51.9 Å². The number of carbonyl (C=O) groups excluding carboxylic acids is 1. The molecule has 0 saturated carbocycles. The van der Waals surface area contributed by atoms with E-state index in [1.807, 2.05) is 24.1 Å². The normalized spacial score (nSPS) is 15.1. The van der Waals surface area contributed by atoms with E-state index in [0.29, 0.717) is 18.9 Å². The Bertz CT molecular complexity index is 603. The van der Waals surface area contributed by atoms with E-state index in [9.17, 15) is 4.79 Å². The van der Waals surface area contributed by atoms with E-state index in [2.05, 4.69) is 20.3 Å². The Morgan fingerprint density at radius 3 is 2.48 bits per heavy atom. The van der Waals surface area contributed by atoms with Crippen LogP contribution in [0.2, 0.25) is 0 Å². The molecule has 21 heavy (non-hydrogen) atoms. The molecule has 0 radical (unpaired) electrons. The number of rotatable bonds is 2. The molecule has 0 spiro atoms. The van der Waals surface area contributed by atoms with Crippen LogP contribution in [0.4, 0.5) is 16.3 Å². The topological polar surface area (TPSA) is 66.3 Å². The Hall–Kier alpha value is -2.57. The highest BCUT2D eigenvalue weighted by Crippen LogP contribution is 2.15. The minimum Gasteiger partial charge on any atom is -0.368 e. The summed E-state index contributed by atoms with van der Waals surface area (Å²) in [7, 11) is 1.82. The molecule has 2 aromatic heterocycles. The molecule has 1 N–H and O–H groups in total. The Kier molecular flexibility index (Phi) is 3.72. The first-order chi connectivity index (χ1) is 10.2. The molecule has 110 valence electrons. The summed E-state index contributed by atoms with van der Waals surface area (Å²) in [5, 5.41) is 6.96. The lowest BCUT2D eigenvalue weighted by molar-refractivity contribution is 0.208. The van der Waals surface area contributed by atoms with Crippen molar-refractivity contribution in [2.45, 2.75) is 0 Å². The number of hydrogen-bond acceptors (Lipinski definition) is 4. The van der Waals surface area contributed by atoms with Crippen LogP contribution in [-0.2, 0) is 7.05 Å². The first kappa shape index (κ1) is 13.4. The van der Waals surface area contributed by atoms with Crippen molar-refractivity contribution < 1.29 is 4.79 Å². The van der Waals surface area contributed by atoms with E-state index in [1.165, 1.54) is 0 Å². The van der Waals surface area contributed by atoms with Gasteiger partial charge in [0.15, 0.2) is 5.82 Å². The Morgan fingerprint density at radius 1 is 1.14 bits per heavy atom. The molecule has 3 rings (SSSR count). The number of nitrogens with one attached hydrogen (secondary N) is 1. The largest absolute Gasteiger partial charge is 0.368 e. The second-order valence-electron chi connectivity index (χ2n) is 4.98. The van der Waals surface area contributed by atoms with Crippen molar-refractivity contribution in [3.63, 3.8) is 0 Å². The molecule has 0 bridgehead atoms. The van der Waals surface area contributed by atoms with Gasteiger partial charge in [-0.15, -0.1) is 0 Å². The average molecular weight is 286 g/mol. The molecule has 2 aromatic rings. The number of piperazine rings is 1. The maximum Gasteiger partial charge on any atom is 0.323 e. The van der Waals surface area contributed by atoms with E-state index in [-0.39, 0.29) is 6.03 Å². The van der Waals surface area contributed by atoms with Gasteiger partial charge in [0.05, 0.1) is 0 Å². The van der Waals surface area contributed by atoms with Crippen LogP contribution in [0, 0.1) is 0 Å². The summed E-state index contributed by atoms with van der Waals surface area (Å²) in [5.41, 5.74) is 1.15. The summed E-state index contributed by atoms with van der Waals surface area (Å²) in [4.78, 5) is 20.2. The van der Waals surface area contributed by atoms with Crippen LogP contribution < -0.4 is 10.2 Å². The van der Waals surface area contributed by atoms with Gasteiger partial charge < -0.3 is 9.80 Å². The summed E-state index contributed by atoms with van der Waals surface area (Å²) in [6.07, 6.45) is 5.38. The van der Waals surface area contributed by atoms with Gasteiger partial charge in [-0.3, -0.25) is 15.0 Å². The van der Waals surface area contributed by atoms with E-state index >= 15 is 0 Å². The van der Waals surface area contributed by atoms with E-state index in [1.54, 1.807) is 29.3 Å². The fourth-order valence-electron chi connectivity index (χ4n) is 2.39. The van der Waals surface area contributed by atoms with Crippen LogP contribution in [0.5, 0.6) is 0 Å². The second-order valence-corrected chi connectivity index (χ2v) is 4.98. The molecule has 1 saturated heterocycles. The Labute approximate surface area is 123 Å². The highest BCUT2D eigenvalue weighted by molar-refractivity contribution is 5.88. The van der Waals surface area contributed by atoms with Crippen molar-refractivity contribution in [1.82, 2.24) is 19.7 Å². The monoisotopic (exact) mass is 286 g/mol. The molecule has 1 fully saturated rings. The molecule has 1 aliphatic heterocycles. The molecule has 0 aliphatic carbocycles. The van der Waals surface area contributed by atoms with Crippen LogP contribution in [0.15, 0.2) is 36.8 Å². The van der Waals surface area contributed by atoms with Gasteiger partial charge in [-0.05, 0) is 12.1 Å². The number of amides is 2. The lowest BCUT2D eigenvalue weighted by atomic mass is 10.3. The number of anilines is 2. The van der Waals surface area contributed by atoms with Crippen molar-refractivity contribution >= 4 is 17.5 Å². The van der Waals surface area contributed by atoms with Gasteiger partial charge >= 0.3 is 6.03 Å². The molecule has 0 aromatic carbocycles. The second kappa shape index (κ2) is 5.82. The van der Waals surface area contributed by atoms with Gasteiger partial charge in [-0.1, -0.05) is 0 Å².